The molecule has 0 aromatic carbocycles. The predicted octanol–water partition coefficient (Wildman–Crippen LogP) is 1.36. The van der Waals surface area contributed by atoms with E-state index >= 15 is 0 Å². The van der Waals surface area contributed by atoms with E-state index in [2.05, 4.69) is 4.74 Å². The molecule has 12 heavy (non-hydrogen) atoms. The van der Waals surface area contributed by atoms with Crippen molar-refractivity contribution in [2.45, 2.75) is 27.7 Å². The molecule has 0 fully saturated rings. The van der Waals surface area contributed by atoms with E-state index in [1.165, 1.54) is 6.92 Å². The summed E-state index contributed by atoms with van der Waals surface area (Å²) in [6.45, 7) is 9.68. The van der Waals surface area contributed by atoms with Crippen LogP contribution in [0.5, 0.6) is 0 Å². The third kappa shape index (κ3) is 16.5. The van der Waals surface area contributed by atoms with Crippen molar-refractivity contribution >= 4 is 5.97 Å². The third-order valence-electron chi connectivity index (χ3n) is 0.986. The van der Waals surface area contributed by atoms with Crippen molar-refractivity contribution in [1.29, 1.82) is 0 Å². The number of hydrogen-bond donors (Lipinski definition) is 0. The van der Waals surface area contributed by atoms with Gasteiger partial charge in [0.2, 0.25) is 0 Å². The molecule has 0 N–H and O–H groups in total. The molecule has 3 nitrogen and oxygen atoms in total. The van der Waals surface area contributed by atoms with Gasteiger partial charge in [-0.3, -0.25) is 4.79 Å². The molecule has 0 aromatic rings. The van der Waals surface area contributed by atoms with Gasteiger partial charge in [0.1, 0.15) is 0 Å². The molecule has 0 radical (unpaired) electrons. The van der Waals surface area contributed by atoms with E-state index in [1.807, 2.05) is 17.8 Å². The van der Waals surface area contributed by atoms with E-state index < -0.39 is 0 Å². The van der Waals surface area contributed by atoms with E-state index in [1.54, 1.807) is 6.92 Å². The third-order valence-corrected chi connectivity index (χ3v) is 1.58. The second-order valence-electron chi connectivity index (χ2n) is 1.97. The minimum atomic E-state index is -0.211. The first-order chi connectivity index (χ1) is 5.58. The van der Waals surface area contributed by atoms with Crippen LogP contribution in [0.2, 0.25) is 0 Å². The molecule has 0 aliphatic carbocycles. The van der Waals surface area contributed by atoms with E-state index in [0.717, 1.165) is 13.1 Å². The Balaban J connectivity index is 0. The van der Waals surface area contributed by atoms with Gasteiger partial charge in [0, 0.05) is 6.92 Å². The summed E-state index contributed by atoms with van der Waals surface area (Å²) in [5.41, 5.74) is 0. The number of carbonyl (C=O) groups excluding carboxylic acids is 1. The molecule has 0 aromatic heterocycles. The molecule has 0 aliphatic rings. The van der Waals surface area contributed by atoms with Gasteiger partial charge in [-0.05, 0) is 6.92 Å². The Morgan fingerprint density at radius 2 is 1.75 bits per heavy atom. The maximum atomic E-state index is 9.82. The number of carbonyl (C=O) groups is 1. The Morgan fingerprint density at radius 1 is 1.33 bits per heavy atom. The van der Waals surface area contributed by atoms with E-state index in [0.29, 0.717) is 6.61 Å². The normalized spacial score (nSPS) is 8.92. The molecule has 4 heteroatoms. The molecule has 0 bridgehead atoms. The summed E-state index contributed by atoms with van der Waals surface area (Å²) >= 11 is 4.91. The zero-order valence-corrected chi connectivity index (χ0v) is 9.13. The van der Waals surface area contributed by atoms with Crippen molar-refractivity contribution in [2.75, 3.05) is 19.7 Å². The summed E-state index contributed by atoms with van der Waals surface area (Å²) in [4.78, 5) is 9.82. The summed E-state index contributed by atoms with van der Waals surface area (Å²) < 4.78 is 6.22. The van der Waals surface area contributed by atoms with Crippen molar-refractivity contribution in [1.82, 2.24) is 3.92 Å². The van der Waals surface area contributed by atoms with Crippen molar-refractivity contribution in [3.63, 3.8) is 0 Å². The Morgan fingerprint density at radius 3 is 1.75 bits per heavy atom. The van der Waals surface area contributed by atoms with Crippen LogP contribution in [-0.4, -0.2) is 29.6 Å². The molecule has 0 spiro atoms. The van der Waals surface area contributed by atoms with Crippen molar-refractivity contribution < 1.29 is 25.8 Å². The zero-order chi connectivity index (χ0) is 9.98. The number of nitrogens with zero attached hydrogens (tertiary/aromatic N) is 1. The Kier molecular flexibility index (Phi) is 13.2. The molecule has 0 rings (SSSR count). The van der Waals surface area contributed by atoms with E-state index in [-0.39, 0.29) is 5.97 Å². The molecule has 0 saturated carbocycles. The Bertz CT molecular complexity index is 105. The molecule has 0 amide bonds. The monoisotopic (exact) mass is 223 g/mol. The molecule has 0 heterocycles. The van der Waals surface area contributed by atoms with Gasteiger partial charge < -0.3 is 4.74 Å². The van der Waals surface area contributed by atoms with Crippen LogP contribution in [0, 0.1) is 0 Å². The second-order valence-corrected chi connectivity index (χ2v) is 2.57. The second kappa shape index (κ2) is 10.9. The van der Waals surface area contributed by atoms with Crippen LogP contribution in [-0.2, 0) is 25.8 Å². The molecule has 0 unspecified atom stereocenters. The van der Waals surface area contributed by atoms with Crippen LogP contribution in [0.4, 0.5) is 0 Å². The van der Waals surface area contributed by atoms with Crippen LogP contribution in [0.1, 0.15) is 27.7 Å². The first-order valence-corrected chi connectivity index (χ1v) is 4.51. The van der Waals surface area contributed by atoms with Gasteiger partial charge in [-0.2, -0.15) is 0 Å². The summed E-state index contributed by atoms with van der Waals surface area (Å²) in [7, 11) is 0. The fourth-order valence-corrected chi connectivity index (χ4v) is 0.427. The van der Waals surface area contributed by atoms with Crippen LogP contribution < -0.4 is 0 Å². The van der Waals surface area contributed by atoms with Gasteiger partial charge in [0.15, 0.2) is 0 Å². The van der Waals surface area contributed by atoms with Crippen LogP contribution >= 0.6 is 0 Å². The zero-order valence-electron chi connectivity index (χ0n) is 8.19. The topological polar surface area (TPSA) is 29.5 Å². The SMILES string of the molecule is CCOC(C)=O.CC[N]([Cu])CC. The van der Waals surface area contributed by atoms with Gasteiger partial charge in [-0.1, -0.05) is 0 Å². The molecule has 78 valence electrons. The summed E-state index contributed by atoms with van der Waals surface area (Å²) in [5, 5.41) is 0. The predicted molar refractivity (Wildman–Crippen MR) is 45.2 cm³/mol. The van der Waals surface area contributed by atoms with Gasteiger partial charge in [0.05, 0.1) is 6.61 Å². The molecular weight excluding hydrogens is 206 g/mol. The molecule has 0 aliphatic heterocycles. The quantitative estimate of drug-likeness (QED) is 0.535. The van der Waals surface area contributed by atoms with Crippen molar-refractivity contribution in [3.05, 3.63) is 0 Å². The number of rotatable bonds is 3. The number of hydrogen-bond acceptors (Lipinski definition) is 3. The Labute approximate surface area is 83.5 Å². The summed E-state index contributed by atoms with van der Waals surface area (Å²) in [5.74, 6) is -0.211. The number of esters is 1. The van der Waals surface area contributed by atoms with Crippen molar-refractivity contribution in [3.8, 4) is 0 Å². The average molecular weight is 224 g/mol. The number of ether oxygens (including phenoxy) is 1. The Hall–Kier alpha value is -0.0505. The molecule has 0 saturated heterocycles. The molecule has 0 atom stereocenters. The van der Waals surface area contributed by atoms with Crippen molar-refractivity contribution in [2.24, 2.45) is 0 Å². The molecular formula is C8H18CuNO2. The van der Waals surface area contributed by atoms with Crippen LogP contribution in [0.3, 0.4) is 0 Å². The first-order valence-electron chi connectivity index (χ1n) is 4.09. The van der Waals surface area contributed by atoms with Gasteiger partial charge >= 0.3 is 53.1 Å². The van der Waals surface area contributed by atoms with E-state index in [9.17, 15) is 4.79 Å². The minimum absolute atomic E-state index is 0.211. The average Bonchev–Trinajstić information content (AvgIpc) is 2.04. The summed E-state index contributed by atoms with van der Waals surface area (Å²) in [6, 6.07) is 0. The van der Waals surface area contributed by atoms with Gasteiger partial charge in [0.25, 0.3) is 0 Å². The standard InChI is InChI=1S/C4H10N.C4H8O2.Cu/c1-3-5-4-2;1-3-6-4(2)5;/h3-4H2,1-2H3;3H2,1-2H3;/q-1;;+1. The maximum absolute atomic E-state index is 9.82. The van der Waals surface area contributed by atoms with Gasteiger partial charge in [-0.25, -0.2) is 0 Å². The van der Waals surface area contributed by atoms with E-state index in [4.69, 9.17) is 16.2 Å². The fraction of sp³-hybridized carbons (Fsp3) is 0.875. The fourth-order valence-electron chi connectivity index (χ4n) is 0.427. The first kappa shape index (κ1) is 14.5. The van der Waals surface area contributed by atoms with Crippen LogP contribution in [0.25, 0.3) is 0 Å². The van der Waals surface area contributed by atoms with Gasteiger partial charge in [-0.15, -0.1) is 0 Å². The van der Waals surface area contributed by atoms with Crippen LogP contribution in [0.15, 0.2) is 0 Å². The summed E-state index contributed by atoms with van der Waals surface area (Å²) in [6.07, 6.45) is 0.